The van der Waals surface area contributed by atoms with Crippen molar-refractivity contribution >= 4 is 11.8 Å². The molecule has 0 radical (unpaired) electrons. The van der Waals surface area contributed by atoms with E-state index < -0.39 is 17.5 Å². The highest BCUT2D eigenvalue weighted by Crippen LogP contribution is 2.40. The number of nitrogens with two attached hydrogens (primary N) is 1. The molecule has 1 aromatic rings. The molecular formula is C27H38F2N4O3. The van der Waals surface area contributed by atoms with Crippen molar-refractivity contribution in [2.24, 2.45) is 5.73 Å². The summed E-state index contributed by atoms with van der Waals surface area (Å²) in [5.74, 6) is -2.45. The van der Waals surface area contributed by atoms with E-state index in [1.807, 2.05) is 13.8 Å². The molecule has 0 bridgehead atoms. The molecule has 36 heavy (non-hydrogen) atoms. The van der Waals surface area contributed by atoms with Crippen molar-refractivity contribution in [3.8, 4) is 0 Å². The van der Waals surface area contributed by atoms with Crippen LogP contribution in [0.2, 0.25) is 0 Å². The van der Waals surface area contributed by atoms with Crippen molar-refractivity contribution in [3.05, 3.63) is 69.8 Å². The first-order valence-corrected chi connectivity index (χ1v) is 12.5. The number of fused-ring (bicyclic) bond motifs is 1. The molecule has 1 aromatic carbocycles. The van der Waals surface area contributed by atoms with Crippen LogP contribution in [0.1, 0.15) is 58.4 Å². The lowest BCUT2D eigenvalue weighted by Gasteiger charge is -2.33. The van der Waals surface area contributed by atoms with Crippen molar-refractivity contribution in [1.82, 2.24) is 15.1 Å². The lowest BCUT2D eigenvalue weighted by Crippen LogP contribution is -2.40. The molecule has 0 unspecified atom stereocenters. The molecule has 4 N–H and O–H groups in total. The Labute approximate surface area is 212 Å². The number of nitrogens with one attached hydrogen (secondary N) is 1. The molecule has 2 aliphatic heterocycles. The Kier molecular flexibility index (Phi) is 11.1. The molecular weight excluding hydrogens is 466 g/mol. The number of nitrogens with zero attached hydrogens (tertiary/aromatic N) is 2. The molecule has 1 fully saturated rings. The maximum Gasteiger partial charge on any atom is 0.274 e. The largest absolute Gasteiger partial charge is 0.505 e. The Morgan fingerprint density at radius 3 is 2.53 bits per heavy atom. The Morgan fingerprint density at radius 1 is 1.25 bits per heavy atom. The number of hydrogen-bond acceptors (Lipinski definition) is 5. The number of rotatable bonds is 8. The van der Waals surface area contributed by atoms with Crippen LogP contribution < -0.4 is 11.1 Å². The summed E-state index contributed by atoms with van der Waals surface area (Å²) in [6.07, 6.45) is 5.95. The van der Waals surface area contributed by atoms with Crippen molar-refractivity contribution < 1.29 is 23.5 Å². The van der Waals surface area contributed by atoms with Gasteiger partial charge < -0.3 is 26.0 Å². The molecule has 0 aliphatic carbocycles. The average molecular weight is 505 g/mol. The van der Waals surface area contributed by atoms with Crippen LogP contribution in [0.4, 0.5) is 8.78 Å². The number of benzene rings is 1. The number of carbonyl (C=O) groups excluding carboxylic acids is 2. The molecule has 0 saturated carbocycles. The van der Waals surface area contributed by atoms with Crippen LogP contribution in [0.5, 0.6) is 0 Å². The van der Waals surface area contributed by atoms with Gasteiger partial charge in [0.15, 0.2) is 5.76 Å². The van der Waals surface area contributed by atoms with E-state index in [9.17, 15) is 23.5 Å². The smallest absolute Gasteiger partial charge is 0.274 e. The SMILES string of the molecule is CC/C=C1/C(O)=C(C(=O)N(C)CC)N2CCCC2=C1C(=O)NCc1ccc(F)cc1F.CCCCN. The fraction of sp³-hybridized carbons (Fsp3) is 0.481. The van der Waals surface area contributed by atoms with Crippen LogP contribution >= 0.6 is 0 Å². The van der Waals surface area contributed by atoms with E-state index >= 15 is 0 Å². The van der Waals surface area contributed by atoms with Crippen LogP contribution in [0.3, 0.4) is 0 Å². The number of likely N-dealkylation sites (N-methyl/N-ethyl adjacent to an activating group) is 1. The van der Waals surface area contributed by atoms with Gasteiger partial charge in [-0.25, -0.2) is 8.78 Å². The van der Waals surface area contributed by atoms with Gasteiger partial charge in [-0.2, -0.15) is 0 Å². The molecule has 0 aromatic heterocycles. The fourth-order valence-electron chi connectivity index (χ4n) is 4.04. The van der Waals surface area contributed by atoms with E-state index in [-0.39, 0.29) is 35.0 Å². The fourth-order valence-corrected chi connectivity index (χ4v) is 4.04. The Morgan fingerprint density at radius 2 is 1.97 bits per heavy atom. The highest BCUT2D eigenvalue weighted by atomic mass is 19.1. The summed E-state index contributed by atoms with van der Waals surface area (Å²) in [6.45, 7) is 7.55. The monoisotopic (exact) mass is 504 g/mol. The third-order valence-electron chi connectivity index (χ3n) is 6.10. The van der Waals surface area contributed by atoms with Gasteiger partial charge in [-0.1, -0.05) is 32.4 Å². The number of aliphatic hydroxyl groups is 1. The zero-order valence-corrected chi connectivity index (χ0v) is 21.7. The first-order chi connectivity index (χ1) is 17.2. The maximum atomic E-state index is 14.0. The molecule has 0 spiro atoms. The molecule has 2 aliphatic rings. The minimum absolute atomic E-state index is 0.129. The number of unbranched alkanes of at least 4 members (excludes halogenated alkanes) is 1. The van der Waals surface area contributed by atoms with E-state index in [0.717, 1.165) is 25.1 Å². The Hall–Kier alpha value is -3.20. The van der Waals surface area contributed by atoms with Gasteiger partial charge in [0.05, 0.1) is 5.57 Å². The lowest BCUT2D eigenvalue weighted by atomic mass is 9.93. The third kappa shape index (κ3) is 6.72. The highest BCUT2D eigenvalue weighted by molar-refractivity contribution is 6.03. The van der Waals surface area contributed by atoms with Crippen molar-refractivity contribution in [3.63, 3.8) is 0 Å². The quantitative estimate of drug-likeness (QED) is 0.491. The minimum atomic E-state index is -0.744. The summed E-state index contributed by atoms with van der Waals surface area (Å²) < 4.78 is 27.1. The van der Waals surface area contributed by atoms with Crippen molar-refractivity contribution in [2.75, 3.05) is 26.7 Å². The van der Waals surface area contributed by atoms with E-state index in [4.69, 9.17) is 5.73 Å². The molecule has 0 atom stereocenters. The highest BCUT2D eigenvalue weighted by Gasteiger charge is 2.39. The third-order valence-corrected chi connectivity index (χ3v) is 6.10. The topological polar surface area (TPSA) is 98.9 Å². The summed E-state index contributed by atoms with van der Waals surface area (Å²) in [5, 5.41) is 13.7. The molecule has 9 heteroatoms. The Bertz CT molecular complexity index is 1050. The number of aliphatic hydroxyl groups excluding tert-OH is 1. The van der Waals surface area contributed by atoms with Crippen molar-refractivity contribution in [1.29, 1.82) is 0 Å². The molecule has 7 nitrogen and oxygen atoms in total. The number of halogens is 2. The molecule has 2 heterocycles. The molecule has 3 rings (SSSR count). The summed E-state index contributed by atoms with van der Waals surface area (Å²) >= 11 is 0. The van der Waals surface area contributed by atoms with Crippen LogP contribution in [0.25, 0.3) is 0 Å². The van der Waals surface area contributed by atoms with Gasteiger partial charge in [0.1, 0.15) is 17.3 Å². The van der Waals surface area contributed by atoms with E-state index in [2.05, 4.69) is 12.2 Å². The second kappa shape index (κ2) is 13.8. The minimum Gasteiger partial charge on any atom is -0.505 e. The zero-order valence-electron chi connectivity index (χ0n) is 21.7. The van der Waals surface area contributed by atoms with Crippen LogP contribution in [0.15, 0.2) is 52.6 Å². The number of hydrogen-bond donors (Lipinski definition) is 3. The number of carbonyl (C=O) groups is 2. The van der Waals surface area contributed by atoms with E-state index in [1.165, 1.54) is 23.8 Å². The van der Waals surface area contributed by atoms with Crippen LogP contribution in [-0.4, -0.2) is 53.4 Å². The van der Waals surface area contributed by atoms with Gasteiger partial charge in [-0.05, 0) is 45.2 Å². The normalized spacial score (nSPS) is 16.1. The maximum absolute atomic E-state index is 14.0. The summed E-state index contributed by atoms with van der Waals surface area (Å²) in [7, 11) is 1.66. The standard InChI is InChI=1S/C23H27F2N3O3.C4H11N/c1-4-7-16-19(22(30)26-13-14-9-10-15(24)12-17(14)25)18-8-6-11-28(18)20(21(16)29)23(31)27(3)5-2;1-2-3-4-5/h7,9-10,12,29H,4-6,8,11,13H2,1-3H3,(H,26,30);2-5H2,1H3/b16-7+;. The van der Waals surface area contributed by atoms with Gasteiger partial charge in [-0.3, -0.25) is 9.59 Å². The van der Waals surface area contributed by atoms with Gasteiger partial charge in [0.25, 0.3) is 11.8 Å². The molecule has 2 amide bonds. The van der Waals surface area contributed by atoms with Gasteiger partial charge >= 0.3 is 0 Å². The van der Waals surface area contributed by atoms with E-state index in [0.29, 0.717) is 37.2 Å². The second-order valence-corrected chi connectivity index (χ2v) is 8.68. The number of amides is 2. The summed E-state index contributed by atoms with van der Waals surface area (Å²) in [4.78, 5) is 29.3. The molecule has 198 valence electrons. The van der Waals surface area contributed by atoms with Gasteiger partial charge in [0.2, 0.25) is 0 Å². The van der Waals surface area contributed by atoms with E-state index in [1.54, 1.807) is 18.0 Å². The van der Waals surface area contributed by atoms with Crippen molar-refractivity contribution in [2.45, 2.75) is 59.4 Å². The average Bonchev–Trinajstić information content (AvgIpc) is 3.33. The van der Waals surface area contributed by atoms with Crippen LogP contribution in [-0.2, 0) is 16.1 Å². The Balaban J connectivity index is 0.000000830. The summed E-state index contributed by atoms with van der Waals surface area (Å²) in [5.41, 5.74) is 6.73. The second-order valence-electron chi connectivity index (χ2n) is 8.68. The lowest BCUT2D eigenvalue weighted by molar-refractivity contribution is -0.127. The number of allylic oxidation sites excluding steroid dienone is 3. The first kappa shape index (κ1) is 29.0. The van der Waals surface area contributed by atoms with Gasteiger partial charge in [-0.15, -0.1) is 0 Å². The molecule has 1 saturated heterocycles. The summed E-state index contributed by atoms with van der Waals surface area (Å²) in [6, 6.07) is 3.18. The predicted molar refractivity (Wildman–Crippen MR) is 136 cm³/mol. The van der Waals surface area contributed by atoms with Crippen LogP contribution in [0, 0.1) is 11.6 Å². The first-order valence-electron chi connectivity index (χ1n) is 12.5. The van der Waals surface area contributed by atoms with Gasteiger partial charge in [0, 0.05) is 49.6 Å². The zero-order chi connectivity index (χ0) is 26.8. The predicted octanol–water partition coefficient (Wildman–Crippen LogP) is 4.27.